The molecule has 0 saturated heterocycles. The van der Waals surface area contributed by atoms with Crippen LogP contribution in [0.2, 0.25) is 0 Å². The lowest BCUT2D eigenvalue weighted by atomic mass is 10.1. The molecule has 1 radical (unpaired) electrons. The van der Waals surface area contributed by atoms with E-state index in [0.29, 0.717) is 0 Å². The van der Waals surface area contributed by atoms with Gasteiger partial charge in [0.1, 0.15) is 0 Å². The Morgan fingerprint density at radius 2 is 2.40 bits per heavy atom. The van der Waals surface area contributed by atoms with Crippen LogP contribution in [0.15, 0.2) is 18.2 Å². The third-order valence-corrected chi connectivity index (χ3v) is 1.39. The van der Waals surface area contributed by atoms with Crippen molar-refractivity contribution in [2.24, 2.45) is 0 Å². The molecule has 49 valence electrons. The van der Waals surface area contributed by atoms with E-state index >= 15 is 0 Å². The second-order valence-corrected chi connectivity index (χ2v) is 2.09. The summed E-state index contributed by atoms with van der Waals surface area (Å²) in [5.74, 6) is 2.55. The number of rotatable bonds is 1. The third-order valence-electron chi connectivity index (χ3n) is 1.39. The maximum atomic E-state index is 5.19. The zero-order valence-corrected chi connectivity index (χ0v) is 6.02. The number of terminal acetylenes is 1. The van der Waals surface area contributed by atoms with Crippen LogP contribution in [0.1, 0.15) is 18.1 Å². The molecule has 0 aliphatic heterocycles. The first kappa shape index (κ1) is 6.89. The van der Waals surface area contributed by atoms with Gasteiger partial charge in [-0.05, 0) is 18.1 Å². The summed E-state index contributed by atoms with van der Waals surface area (Å²) in [4.78, 5) is 0. The second kappa shape index (κ2) is 3.08. The maximum absolute atomic E-state index is 5.19. The Bertz CT molecular complexity index is 253. The number of aryl methyl sites for hydroxylation is 1. The Hall–Kier alpha value is -1.22. The molecule has 0 spiro atoms. The van der Waals surface area contributed by atoms with Crippen LogP contribution < -0.4 is 0 Å². The van der Waals surface area contributed by atoms with Crippen molar-refractivity contribution in [3.8, 4) is 12.3 Å². The Morgan fingerprint density at radius 1 is 1.60 bits per heavy atom. The van der Waals surface area contributed by atoms with Crippen LogP contribution in [0.4, 0.5) is 0 Å². The molecule has 0 N–H and O–H groups in total. The minimum atomic E-state index is 0.847. The van der Waals surface area contributed by atoms with E-state index in [9.17, 15) is 0 Å². The van der Waals surface area contributed by atoms with Gasteiger partial charge in [0.25, 0.3) is 0 Å². The Kier molecular flexibility index (Phi) is 2.12. The highest BCUT2D eigenvalue weighted by atomic mass is 13.9. The van der Waals surface area contributed by atoms with Crippen LogP contribution in [0.5, 0.6) is 0 Å². The van der Waals surface area contributed by atoms with Crippen LogP contribution in [0, 0.1) is 18.4 Å². The molecule has 1 aromatic carbocycles. The number of hydrogen-bond acceptors (Lipinski definition) is 0. The molecule has 0 bridgehead atoms. The van der Waals surface area contributed by atoms with Gasteiger partial charge in [-0.1, -0.05) is 25.0 Å². The minimum Gasteiger partial charge on any atom is -0.115 e. The van der Waals surface area contributed by atoms with Gasteiger partial charge in [-0.25, -0.2) is 0 Å². The van der Waals surface area contributed by atoms with Crippen molar-refractivity contribution in [2.75, 3.05) is 0 Å². The lowest BCUT2D eigenvalue weighted by Crippen LogP contribution is -1.81. The van der Waals surface area contributed by atoms with E-state index < -0.39 is 0 Å². The van der Waals surface area contributed by atoms with E-state index in [-0.39, 0.29) is 0 Å². The molecule has 0 heteroatoms. The average molecular weight is 129 g/mol. The summed E-state index contributed by atoms with van der Waals surface area (Å²) in [5, 5.41) is 0. The van der Waals surface area contributed by atoms with Gasteiger partial charge in [0.15, 0.2) is 0 Å². The summed E-state index contributed by atoms with van der Waals surface area (Å²) < 4.78 is 0. The predicted molar refractivity (Wildman–Crippen MR) is 42.6 cm³/mol. The van der Waals surface area contributed by atoms with Crippen LogP contribution in [-0.4, -0.2) is 0 Å². The summed E-state index contributed by atoms with van der Waals surface area (Å²) >= 11 is 0. The zero-order valence-electron chi connectivity index (χ0n) is 6.02. The van der Waals surface area contributed by atoms with Crippen molar-refractivity contribution in [1.29, 1.82) is 0 Å². The van der Waals surface area contributed by atoms with Gasteiger partial charge in [-0.3, -0.25) is 0 Å². The fraction of sp³-hybridized carbons (Fsp3) is 0.200. The normalized spacial score (nSPS) is 8.80. The Balaban J connectivity index is 3.01. The lowest BCUT2D eigenvalue weighted by molar-refractivity contribution is 1.13. The molecule has 0 aliphatic carbocycles. The number of hydrogen-bond donors (Lipinski definition) is 0. The molecule has 0 nitrogen and oxygen atoms in total. The van der Waals surface area contributed by atoms with Crippen molar-refractivity contribution in [1.82, 2.24) is 0 Å². The maximum Gasteiger partial charge on any atom is 0.0324 e. The molecule has 1 rings (SSSR count). The van der Waals surface area contributed by atoms with Gasteiger partial charge in [0.05, 0.1) is 0 Å². The molecule has 0 heterocycles. The van der Waals surface area contributed by atoms with E-state index in [4.69, 9.17) is 6.42 Å². The molecule has 0 aromatic heterocycles. The Morgan fingerprint density at radius 3 is 3.00 bits per heavy atom. The topological polar surface area (TPSA) is 0 Å². The van der Waals surface area contributed by atoms with E-state index in [0.717, 1.165) is 12.0 Å². The average Bonchev–Trinajstić information content (AvgIpc) is 2.05. The van der Waals surface area contributed by atoms with Crippen molar-refractivity contribution in [2.45, 2.75) is 13.3 Å². The second-order valence-electron chi connectivity index (χ2n) is 2.09. The van der Waals surface area contributed by atoms with E-state index in [1.807, 2.05) is 18.2 Å². The molecule has 0 saturated carbocycles. The van der Waals surface area contributed by atoms with Crippen LogP contribution in [0.3, 0.4) is 0 Å². The van der Waals surface area contributed by atoms with Gasteiger partial charge in [0.2, 0.25) is 0 Å². The molecule has 0 amide bonds. The van der Waals surface area contributed by atoms with Crippen molar-refractivity contribution in [3.05, 3.63) is 35.4 Å². The first-order valence-electron chi connectivity index (χ1n) is 3.34. The lowest BCUT2D eigenvalue weighted by Gasteiger charge is -1.93. The molecule has 0 aliphatic rings. The van der Waals surface area contributed by atoms with Gasteiger partial charge in [-0.2, -0.15) is 0 Å². The third kappa shape index (κ3) is 1.39. The highest BCUT2D eigenvalue weighted by Gasteiger charge is 1.89. The van der Waals surface area contributed by atoms with Crippen LogP contribution >= 0.6 is 0 Å². The summed E-state index contributed by atoms with van der Waals surface area (Å²) in [6.07, 6.45) is 6.19. The SMILES string of the molecule is C#Cc1[c]c(CC)ccc1. The van der Waals surface area contributed by atoms with Crippen LogP contribution in [0.25, 0.3) is 0 Å². The van der Waals surface area contributed by atoms with E-state index in [1.165, 1.54) is 5.56 Å². The molecule has 0 unspecified atom stereocenters. The van der Waals surface area contributed by atoms with Gasteiger partial charge < -0.3 is 0 Å². The van der Waals surface area contributed by atoms with E-state index in [2.05, 4.69) is 18.9 Å². The van der Waals surface area contributed by atoms with Crippen molar-refractivity contribution < 1.29 is 0 Å². The van der Waals surface area contributed by atoms with Gasteiger partial charge in [0, 0.05) is 11.6 Å². The smallest absolute Gasteiger partial charge is 0.0324 e. The Labute approximate surface area is 61.9 Å². The molecular weight excluding hydrogens is 120 g/mol. The molecule has 1 aromatic rings. The first-order valence-corrected chi connectivity index (χ1v) is 3.34. The standard InChI is InChI=1S/C10H9/c1-3-9-6-5-7-10(4-2)8-9/h1,5-7H,4H2,2H3. The summed E-state index contributed by atoms with van der Waals surface area (Å²) in [6.45, 7) is 2.09. The molecule has 10 heavy (non-hydrogen) atoms. The van der Waals surface area contributed by atoms with Crippen molar-refractivity contribution in [3.63, 3.8) is 0 Å². The van der Waals surface area contributed by atoms with Gasteiger partial charge in [-0.15, -0.1) is 6.42 Å². The van der Waals surface area contributed by atoms with E-state index in [1.54, 1.807) is 0 Å². The highest BCUT2D eigenvalue weighted by Crippen LogP contribution is 2.02. The van der Waals surface area contributed by atoms with Crippen LogP contribution in [-0.2, 0) is 6.42 Å². The summed E-state index contributed by atoms with van der Waals surface area (Å²) in [7, 11) is 0. The fourth-order valence-electron chi connectivity index (χ4n) is 0.807. The number of benzene rings is 1. The zero-order chi connectivity index (χ0) is 7.40. The molecular formula is C10H9. The fourth-order valence-corrected chi connectivity index (χ4v) is 0.807. The molecule has 0 atom stereocenters. The summed E-state index contributed by atoms with van der Waals surface area (Å²) in [6, 6.07) is 8.99. The molecule has 0 fully saturated rings. The van der Waals surface area contributed by atoms with Gasteiger partial charge >= 0.3 is 0 Å². The minimum absolute atomic E-state index is 0.847. The first-order chi connectivity index (χ1) is 4.86. The quantitative estimate of drug-likeness (QED) is 0.509. The summed E-state index contributed by atoms with van der Waals surface area (Å²) in [5.41, 5.74) is 2.02. The van der Waals surface area contributed by atoms with Crippen molar-refractivity contribution >= 4 is 0 Å². The largest absolute Gasteiger partial charge is 0.115 e. The highest BCUT2D eigenvalue weighted by molar-refractivity contribution is 5.33. The monoisotopic (exact) mass is 129 g/mol. The predicted octanol–water partition coefficient (Wildman–Crippen LogP) is 2.03.